The van der Waals surface area contributed by atoms with E-state index in [0.29, 0.717) is 16.4 Å². The average Bonchev–Trinajstić information content (AvgIpc) is 2.73. The van der Waals surface area contributed by atoms with Crippen molar-refractivity contribution in [1.29, 1.82) is 0 Å². The molecular formula is C22H22ClN3O3S. The van der Waals surface area contributed by atoms with Gasteiger partial charge in [0.1, 0.15) is 6.54 Å². The highest BCUT2D eigenvalue weighted by atomic mass is 35.5. The predicted octanol–water partition coefficient (Wildman–Crippen LogP) is 3.86. The van der Waals surface area contributed by atoms with Gasteiger partial charge in [0, 0.05) is 11.2 Å². The lowest BCUT2D eigenvalue weighted by Crippen LogP contribution is -2.40. The Bertz CT molecular complexity index is 1130. The molecule has 1 heterocycles. The van der Waals surface area contributed by atoms with Gasteiger partial charge in [-0.15, -0.1) is 0 Å². The van der Waals surface area contributed by atoms with E-state index in [-0.39, 0.29) is 18.0 Å². The molecule has 0 bridgehead atoms. The Hall–Kier alpha value is -2.90. The van der Waals surface area contributed by atoms with Crippen molar-refractivity contribution in [3.8, 4) is 0 Å². The molecule has 0 radical (unpaired) electrons. The normalized spacial score (nSPS) is 11.2. The third-order valence-electron chi connectivity index (χ3n) is 4.53. The van der Waals surface area contributed by atoms with E-state index in [4.69, 9.17) is 11.6 Å². The number of nitrogens with zero attached hydrogens (tertiary/aromatic N) is 2. The number of carbonyl (C=O) groups is 1. The Morgan fingerprint density at radius 1 is 1.07 bits per heavy atom. The SMILES string of the molecule is Cc1ccc(S(=O)(=O)N(CC(=O)NCc2ccccn2)c2ccc(C)c(Cl)c2)cc1. The smallest absolute Gasteiger partial charge is 0.264 e. The number of aryl methyl sites for hydroxylation is 2. The van der Waals surface area contributed by atoms with Crippen LogP contribution in [0.1, 0.15) is 16.8 Å². The third kappa shape index (κ3) is 5.17. The number of pyridine rings is 1. The van der Waals surface area contributed by atoms with Crippen LogP contribution in [0.5, 0.6) is 0 Å². The van der Waals surface area contributed by atoms with E-state index in [1.807, 2.05) is 19.9 Å². The van der Waals surface area contributed by atoms with E-state index in [1.54, 1.807) is 48.7 Å². The Morgan fingerprint density at radius 2 is 1.80 bits per heavy atom. The standard InChI is InChI=1S/C22H22ClN3O3S/c1-16-6-10-20(11-7-16)30(28,29)26(19-9-8-17(2)21(23)13-19)15-22(27)25-14-18-5-3-4-12-24-18/h3-13H,14-15H2,1-2H3,(H,25,27). The summed E-state index contributed by atoms with van der Waals surface area (Å²) >= 11 is 6.22. The van der Waals surface area contributed by atoms with E-state index < -0.39 is 15.9 Å². The van der Waals surface area contributed by atoms with Gasteiger partial charge in [0.2, 0.25) is 5.91 Å². The van der Waals surface area contributed by atoms with Crippen molar-refractivity contribution in [1.82, 2.24) is 10.3 Å². The highest BCUT2D eigenvalue weighted by Gasteiger charge is 2.27. The quantitative estimate of drug-likeness (QED) is 0.601. The highest BCUT2D eigenvalue weighted by molar-refractivity contribution is 7.92. The van der Waals surface area contributed by atoms with Gasteiger partial charge in [0.25, 0.3) is 10.0 Å². The minimum absolute atomic E-state index is 0.0994. The number of amides is 1. The molecule has 0 spiro atoms. The molecule has 6 nitrogen and oxygen atoms in total. The Morgan fingerprint density at radius 3 is 2.43 bits per heavy atom. The van der Waals surface area contributed by atoms with Crippen molar-refractivity contribution in [2.45, 2.75) is 25.3 Å². The molecule has 0 fully saturated rings. The molecule has 3 aromatic rings. The van der Waals surface area contributed by atoms with Crippen LogP contribution in [0.4, 0.5) is 5.69 Å². The van der Waals surface area contributed by atoms with Gasteiger partial charge in [0.15, 0.2) is 0 Å². The molecule has 1 N–H and O–H groups in total. The zero-order chi connectivity index (χ0) is 21.7. The molecule has 2 aromatic carbocycles. The maximum absolute atomic E-state index is 13.3. The van der Waals surface area contributed by atoms with Crippen molar-refractivity contribution >= 4 is 33.2 Å². The zero-order valence-corrected chi connectivity index (χ0v) is 18.2. The number of anilines is 1. The monoisotopic (exact) mass is 443 g/mol. The van der Waals surface area contributed by atoms with Gasteiger partial charge in [-0.05, 0) is 55.8 Å². The van der Waals surface area contributed by atoms with Crippen molar-refractivity contribution in [2.75, 3.05) is 10.8 Å². The van der Waals surface area contributed by atoms with Gasteiger partial charge >= 0.3 is 0 Å². The Kier molecular flexibility index (Phi) is 6.74. The molecule has 156 valence electrons. The summed E-state index contributed by atoms with van der Waals surface area (Å²) in [6.45, 7) is 3.51. The highest BCUT2D eigenvalue weighted by Crippen LogP contribution is 2.28. The van der Waals surface area contributed by atoms with Crippen molar-refractivity contribution < 1.29 is 13.2 Å². The number of carbonyl (C=O) groups excluding carboxylic acids is 1. The van der Waals surface area contributed by atoms with Crippen LogP contribution < -0.4 is 9.62 Å². The molecule has 1 aromatic heterocycles. The average molecular weight is 444 g/mol. The molecule has 0 saturated heterocycles. The molecule has 0 atom stereocenters. The minimum atomic E-state index is -3.98. The van der Waals surface area contributed by atoms with E-state index in [9.17, 15) is 13.2 Å². The van der Waals surface area contributed by atoms with Gasteiger partial charge < -0.3 is 5.32 Å². The first kappa shape index (κ1) is 21.8. The topological polar surface area (TPSA) is 79.4 Å². The van der Waals surface area contributed by atoms with Gasteiger partial charge in [-0.3, -0.25) is 14.1 Å². The summed E-state index contributed by atoms with van der Waals surface area (Å²) in [5, 5.41) is 3.14. The van der Waals surface area contributed by atoms with Crippen LogP contribution in [-0.4, -0.2) is 25.9 Å². The van der Waals surface area contributed by atoms with Crippen LogP contribution in [0.15, 0.2) is 71.8 Å². The van der Waals surface area contributed by atoms with Crippen LogP contribution in [0.3, 0.4) is 0 Å². The molecule has 0 aliphatic heterocycles. The number of halogens is 1. The number of aromatic nitrogens is 1. The molecule has 0 saturated carbocycles. The summed E-state index contributed by atoms with van der Waals surface area (Å²) in [7, 11) is -3.98. The summed E-state index contributed by atoms with van der Waals surface area (Å²) in [5.74, 6) is -0.451. The largest absolute Gasteiger partial charge is 0.349 e. The molecule has 8 heteroatoms. The maximum atomic E-state index is 13.3. The first-order valence-corrected chi connectivity index (χ1v) is 11.1. The fraction of sp³-hybridized carbons (Fsp3) is 0.182. The molecule has 1 amide bonds. The van der Waals surface area contributed by atoms with Gasteiger partial charge in [-0.2, -0.15) is 0 Å². The minimum Gasteiger partial charge on any atom is -0.349 e. The van der Waals surface area contributed by atoms with Crippen LogP contribution in [0.2, 0.25) is 5.02 Å². The number of rotatable bonds is 7. The van der Waals surface area contributed by atoms with Crippen LogP contribution in [0.25, 0.3) is 0 Å². The number of sulfonamides is 1. The van der Waals surface area contributed by atoms with Crippen molar-refractivity contribution in [3.63, 3.8) is 0 Å². The second kappa shape index (κ2) is 9.28. The molecule has 0 aliphatic rings. The first-order chi connectivity index (χ1) is 14.3. The number of nitrogens with one attached hydrogen (secondary N) is 1. The lowest BCUT2D eigenvalue weighted by molar-refractivity contribution is -0.119. The summed E-state index contributed by atoms with van der Waals surface area (Å²) in [5.41, 5.74) is 2.75. The van der Waals surface area contributed by atoms with E-state index >= 15 is 0 Å². The van der Waals surface area contributed by atoms with Crippen LogP contribution in [-0.2, 0) is 21.4 Å². The van der Waals surface area contributed by atoms with E-state index in [2.05, 4.69) is 10.3 Å². The fourth-order valence-corrected chi connectivity index (χ4v) is 4.36. The summed E-state index contributed by atoms with van der Waals surface area (Å²) in [6.07, 6.45) is 1.63. The molecule has 0 aliphatic carbocycles. The lowest BCUT2D eigenvalue weighted by atomic mass is 10.2. The summed E-state index contributed by atoms with van der Waals surface area (Å²) in [6, 6.07) is 16.8. The number of hydrogen-bond acceptors (Lipinski definition) is 4. The predicted molar refractivity (Wildman–Crippen MR) is 118 cm³/mol. The van der Waals surface area contributed by atoms with Crippen LogP contribution in [0, 0.1) is 13.8 Å². The van der Waals surface area contributed by atoms with Crippen molar-refractivity contribution in [2.24, 2.45) is 0 Å². The lowest BCUT2D eigenvalue weighted by Gasteiger charge is -2.24. The maximum Gasteiger partial charge on any atom is 0.264 e. The second-order valence-electron chi connectivity index (χ2n) is 6.86. The molecular weight excluding hydrogens is 422 g/mol. The van der Waals surface area contributed by atoms with Gasteiger partial charge in [0.05, 0.1) is 22.8 Å². The van der Waals surface area contributed by atoms with Crippen LogP contribution >= 0.6 is 11.6 Å². The van der Waals surface area contributed by atoms with Crippen molar-refractivity contribution in [3.05, 3.63) is 88.7 Å². The molecule has 30 heavy (non-hydrogen) atoms. The number of hydrogen-bond donors (Lipinski definition) is 1. The third-order valence-corrected chi connectivity index (χ3v) is 6.73. The van der Waals surface area contributed by atoms with E-state index in [0.717, 1.165) is 15.4 Å². The first-order valence-electron chi connectivity index (χ1n) is 9.29. The second-order valence-corrected chi connectivity index (χ2v) is 9.13. The van der Waals surface area contributed by atoms with E-state index in [1.165, 1.54) is 12.1 Å². The Labute approximate surface area is 181 Å². The van der Waals surface area contributed by atoms with Gasteiger partial charge in [-0.1, -0.05) is 41.4 Å². The zero-order valence-electron chi connectivity index (χ0n) is 16.7. The number of benzene rings is 2. The fourth-order valence-electron chi connectivity index (χ4n) is 2.77. The molecule has 0 unspecified atom stereocenters. The summed E-state index contributed by atoms with van der Waals surface area (Å²) < 4.78 is 27.7. The Balaban J connectivity index is 1.90. The van der Waals surface area contributed by atoms with Gasteiger partial charge in [-0.25, -0.2) is 8.42 Å². The molecule has 3 rings (SSSR count). The summed E-state index contributed by atoms with van der Waals surface area (Å²) in [4.78, 5) is 16.9.